The van der Waals surface area contributed by atoms with E-state index in [4.69, 9.17) is 5.73 Å². The average Bonchev–Trinajstić information content (AvgIpc) is 2.67. The van der Waals surface area contributed by atoms with Gasteiger partial charge in [-0.15, -0.1) is 0 Å². The van der Waals surface area contributed by atoms with E-state index >= 15 is 0 Å². The van der Waals surface area contributed by atoms with Crippen molar-refractivity contribution in [2.45, 2.75) is 19.8 Å². The Kier molecular flexibility index (Phi) is 5.91. The minimum absolute atomic E-state index is 0.0247. The van der Waals surface area contributed by atoms with Crippen LogP contribution in [-0.4, -0.2) is 58.9 Å². The number of hydrogen-bond donors (Lipinski definition) is 2. The number of rotatable bonds is 5. The number of piperidine rings is 1. The summed E-state index contributed by atoms with van der Waals surface area (Å²) in [7, 11) is 1.85. The predicted octanol–water partition coefficient (Wildman–Crippen LogP) is 1.82. The number of nitrogens with two attached hydrogens (primary N) is 1. The molecule has 1 atom stereocenters. The lowest BCUT2D eigenvalue weighted by Gasteiger charge is -2.34. The van der Waals surface area contributed by atoms with Crippen molar-refractivity contribution in [1.29, 1.82) is 0 Å². The van der Waals surface area contributed by atoms with Crippen LogP contribution in [0.5, 0.6) is 0 Å². The van der Waals surface area contributed by atoms with Gasteiger partial charge in [-0.05, 0) is 44.0 Å². The number of anilines is 1. The zero-order chi connectivity index (χ0) is 19.4. The lowest BCUT2D eigenvalue weighted by Crippen LogP contribution is -2.41. The summed E-state index contributed by atoms with van der Waals surface area (Å²) in [6.07, 6.45) is 2.34. The van der Waals surface area contributed by atoms with Crippen molar-refractivity contribution in [2.75, 3.05) is 39.0 Å². The van der Waals surface area contributed by atoms with Crippen molar-refractivity contribution in [3.63, 3.8) is 0 Å². The van der Waals surface area contributed by atoms with E-state index in [-0.39, 0.29) is 17.4 Å². The topological polar surface area (TPSA) is 95.3 Å². The molecule has 1 aromatic heterocycles. The highest BCUT2D eigenvalue weighted by Crippen LogP contribution is 2.20. The molecule has 144 valence electrons. The largest absolute Gasteiger partial charge is 0.369 e. The molecular weight excluding hydrogens is 342 g/mol. The molecule has 0 bridgehead atoms. The molecule has 1 aromatic carbocycles. The number of nitrogens with one attached hydrogen (secondary N) is 1. The quantitative estimate of drug-likeness (QED) is 0.838. The highest BCUT2D eigenvalue weighted by Gasteiger charge is 2.22. The molecule has 1 unspecified atom stereocenters. The lowest BCUT2D eigenvalue weighted by molar-refractivity contribution is 0.0732. The minimum atomic E-state index is -0.316. The van der Waals surface area contributed by atoms with Gasteiger partial charge in [0.1, 0.15) is 0 Å². The number of nitrogens with zero attached hydrogens (tertiary/aromatic N) is 3. The Morgan fingerprint density at radius 2 is 2.22 bits per heavy atom. The summed E-state index contributed by atoms with van der Waals surface area (Å²) in [5, 5.41) is 0. The monoisotopic (exact) mass is 369 g/mol. The molecule has 1 fully saturated rings. The second-order valence-corrected chi connectivity index (χ2v) is 7.18. The number of aromatic nitrogens is 2. The number of nitrogen functional groups attached to an aromatic ring is 1. The Balaban J connectivity index is 1.74. The summed E-state index contributed by atoms with van der Waals surface area (Å²) >= 11 is 0. The third kappa shape index (κ3) is 4.74. The van der Waals surface area contributed by atoms with E-state index in [9.17, 15) is 9.59 Å². The Bertz CT molecular complexity index is 863. The lowest BCUT2D eigenvalue weighted by atomic mass is 9.97. The predicted molar refractivity (Wildman–Crippen MR) is 107 cm³/mol. The molecule has 7 nitrogen and oxygen atoms in total. The second kappa shape index (κ2) is 8.35. The molecule has 3 N–H and O–H groups in total. The van der Waals surface area contributed by atoms with Gasteiger partial charge in [-0.25, -0.2) is 4.98 Å². The molecule has 0 radical (unpaired) electrons. The molecule has 0 spiro atoms. The van der Waals surface area contributed by atoms with E-state index in [0.717, 1.165) is 32.6 Å². The number of benzene rings is 1. The summed E-state index contributed by atoms with van der Waals surface area (Å²) < 4.78 is 0. The number of H-pyrrole nitrogens is 1. The van der Waals surface area contributed by atoms with Gasteiger partial charge in [-0.2, -0.15) is 0 Å². The van der Waals surface area contributed by atoms with Crippen LogP contribution in [0, 0.1) is 5.92 Å². The van der Waals surface area contributed by atoms with Crippen LogP contribution < -0.4 is 11.3 Å². The maximum atomic E-state index is 12.9. The standard InChI is InChI=1S/C20H27N5O2/c1-3-25-9-5-6-14(13-25)12-24(2)19(27)16-8-4-7-15(10-16)17-11-18(26)23-20(21)22-17/h4,7-8,10-11,14H,3,5-6,9,12-13H2,1-2H3,(H3,21,22,23,26). The van der Waals surface area contributed by atoms with Gasteiger partial charge in [0.2, 0.25) is 5.95 Å². The molecule has 0 aliphatic carbocycles. The zero-order valence-corrected chi connectivity index (χ0v) is 15.9. The van der Waals surface area contributed by atoms with Crippen molar-refractivity contribution in [3.8, 4) is 11.3 Å². The minimum Gasteiger partial charge on any atom is -0.369 e. The molecule has 2 aromatic rings. The smallest absolute Gasteiger partial charge is 0.253 e. The van der Waals surface area contributed by atoms with E-state index in [1.54, 1.807) is 23.1 Å². The molecule has 1 aliphatic heterocycles. The van der Waals surface area contributed by atoms with Gasteiger partial charge >= 0.3 is 0 Å². The maximum absolute atomic E-state index is 12.9. The fraction of sp³-hybridized carbons (Fsp3) is 0.450. The normalized spacial score (nSPS) is 17.6. The van der Waals surface area contributed by atoms with Crippen LogP contribution in [-0.2, 0) is 0 Å². The third-order valence-electron chi connectivity index (χ3n) is 5.09. The van der Waals surface area contributed by atoms with Crippen LogP contribution in [0.2, 0.25) is 0 Å². The van der Waals surface area contributed by atoms with Gasteiger partial charge in [0.15, 0.2) is 0 Å². The van der Waals surface area contributed by atoms with E-state index in [1.165, 1.54) is 12.5 Å². The van der Waals surface area contributed by atoms with Crippen molar-refractivity contribution in [3.05, 3.63) is 46.2 Å². The van der Waals surface area contributed by atoms with Gasteiger partial charge in [-0.1, -0.05) is 19.1 Å². The summed E-state index contributed by atoms with van der Waals surface area (Å²) in [6, 6.07) is 8.55. The van der Waals surface area contributed by atoms with Crippen molar-refractivity contribution in [1.82, 2.24) is 19.8 Å². The van der Waals surface area contributed by atoms with Crippen molar-refractivity contribution in [2.24, 2.45) is 5.92 Å². The number of carbonyl (C=O) groups is 1. The summed E-state index contributed by atoms with van der Waals surface area (Å²) in [5.41, 5.74) is 7.04. The number of amides is 1. The molecule has 1 saturated heterocycles. The van der Waals surface area contributed by atoms with E-state index in [1.807, 2.05) is 13.1 Å². The average molecular weight is 369 g/mol. The van der Waals surface area contributed by atoms with Crippen molar-refractivity contribution >= 4 is 11.9 Å². The summed E-state index contributed by atoms with van der Waals surface area (Å²) in [4.78, 5) is 35.3. The number of aromatic amines is 1. The summed E-state index contributed by atoms with van der Waals surface area (Å²) in [5.74, 6) is 0.539. The van der Waals surface area contributed by atoms with Gasteiger partial charge < -0.3 is 15.5 Å². The first-order valence-corrected chi connectivity index (χ1v) is 9.41. The molecule has 27 heavy (non-hydrogen) atoms. The van der Waals surface area contributed by atoms with E-state index in [2.05, 4.69) is 21.8 Å². The van der Waals surface area contributed by atoms with E-state index < -0.39 is 0 Å². The third-order valence-corrected chi connectivity index (χ3v) is 5.09. The molecular formula is C20H27N5O2. The number of likely N-dealkylation sites (tertiary alicyclic amines) is 1. The number of carbonyl (C=O) groups excluding carboxylic acids is 1. The fourth-order valence-corrected chi connectivity index (χ4v) is 3.71. The first kappa shape index (κ1) is 19.1. The second-order valence-electron chi connectivity index (χ2n) is 7.18. The SMILES string of the molecule is CCN1CCCC(CN(C)C(=O)c2cccc(-c3cc(=O)[nH]c(N)n3)c2)C1. The van der Waals surface area contributed by atoms with E-state index in [0.29, 0.717) is 22.7 Å². The zero-order valence-electron chi connectivity index (χ0n) is 15.9. The van der Waals surface area contributed by atoms with Crippen LogP contribution in [0.4, 0.5) is 5.95 Å². The molecule has 3 rings (SSSR count). The Labute approximate surface area is 159 Å². The van der Waals surface area contributed by atoms with Gasteiger partial charge in [0.05, 0.1) is 5.69 Å². The fourth-order valence-electron chi connectivity index (χ4n) is 3.71. The summed E-state index contributed by atoms with van der Waals surface area (Å²) in [6.45, 7) is 6.18. The first-order chi connectivity index (χ1) is 13.0. The van der Waals surface area contributed by atoms with Gasteiger partial charge in [-0.3, -0.25) is 14.6 Å². The Hall–Kier alpha value is -2.67. The molecule has 1 amide bonds. The Morgan fingerprint density at radius 3 is 2.96 bits per heavy atom. The Morgan fingerprint density at radius 1 is 1.41 bits per heavy atom. The molecule has 2 heterocycles. The van der Waals surface area contributed by atoms with Crippen LogP contribution in [0.15, 0.2) is 35.1 Å². The first-order valence-electron chi connectivity index (χ1n) is 9.41. The van der Waals surface area contributed by atoms with Crippen LogP contribution >= 0.6 is 0 Å². The van der Waals surface area contributed by atoms with Crippen LogP contribution in [0.3, 0.4) is 0 Å². The van der Waals surface area contributed by atoms with Gasteiger partial charge in [0, 0.05) is 37.3 Å². The van der Waals surface area contributed by atoms with Gasteiger partial charge in [0.25, 0.3) is 11.5 Å². The highest BCUT2D eigenvalue weighted by molar-refractivity contribution is 5.95. The number of hydrogen-bond acceptors (Lipinski definition) is 5. The molecule has 1 aliphatic rings. The molecule has 0 saturated carbocycles. The van der Waals surface area contributed by atoms with Crippen LogP contribution in [0.1, 0.15) is 30.1 Å². The molecule has 7 heteroatoms. The van der Waals surface area contributed by atoms with Crippen LogP contribution in [0.25, 0.3) is 11.3 Å². The van der Waals surface area contributed by atoms with Crippen molar-refractivity contribution < 1.29 is 4.79 Å². The highest BCUT2D eigenvalue weighted by atomic mass is 16.2. The maximum Gasteiger partial charge on any atom is 0.253 e.